The fourth-order valence-corrected chi connectivity index (χ4v) is 1.53. The Morgan fingerprint density at radius 2 is 1.81 bits per heavy atom. The summed E-state index contributed by atoms with van der Waals surface area (Å²) in [6, 6.07) is 15.9. The number of hydrogen-bond acceptors (Lipinski definition) is 1. The smallest absolute Gasteiger partial charge is 0.119 e. The van der Waals surface area contributed by atoms with Crippen LogP contribution in [0.4, 0.5) is 0 Å². The van der Waals surface area contributed by atoms with E-state index in [1.54, 1.807) is 0 Å². The van der Waals surface area contributed by atoms with Gasteiger partial charge in [0.05, 0.1) is 0 Å². The summed E-state index contributed by atoms with van der Waals surface area (Å²) in [5, 5.41) is 0. The molecule has 0 atom stereocenters. The van der Waals surface area contributed by atoms with Gasteiger partial charge in [0.1, 0.15) is 20.2 Å². The third-order valence-electron chi connectivity index (χ3n) is 2.40. The lowest BCUT2D eigenvalue weighted by Gasteiger charge is -2.09. The minimum atomic E-state index is 0.550. The molecule has 16 heavy (non-hydrogen) atoms. The molecule has 0 bridgehead atoms. The van der Waals surface area contributed by atoms with E-state index in [1.807, 2.05) is 55.5 Å². The number of rotatable bonds is 3. The van der Waals surface area contributed by atoms with Crippen LogP contribution in [-0.4, -0.2) is 7.85 Å². The molecule has 78 valence electrons. The molecular formula is C14H13BO. The molecule has 2 radical (unpaired) electrons. The third kappa shape index (κ3) is 2.66. The van der Waals surface area contributed by atoms with Gasteiger partial charge in [0.25, 0.3) is 0 Å². The molecule has 0 saturated heterocycles. The monoisotopic (exact) mass is 208 g/mol. The molecule has 0 saturated carbocycles. The maximum absolute atomic E-state index is 5.86. The topological polar surface area (TPSA) is 9.23 Å². The summed E-state index contributed by atoms with van der Waals surface area (Å²) >= 11 is 0. The summed E-state index contributed by atoms with van der Waals surface area (Å²) in [6.07, 6.45) is 0. The molecule has 2 aromatic rings. The second-order valence-corrected chi connectivity index (χ2v) is 3.82. The maximum Gasteiger partial charge on any atom is 0.119 e. The summed E-state index contributed by atoms with van der Waals surface area (Å²) < 4.78 is 5.65. The zero-order chi connectivity index (χ0) is 11.4. The van der Waals surface area contributed by atoms with E-state index in [1.165, 1.54) is 0 Å². The van der Waals surface area contributed by atoms with Crippen molar-refractivity contribution in [3.8, 4) is 5.75 Å². The minimum Gasteiger partial charge on any atom is -0.490 e. The van der Waals surface area contributed by atoms with Crippen LogP contribution >= 0.6 is 0 Å². The molecule has 1 nitrogen and oxygen atoms in total. The van der Waals surface area contributed by atoms with Crippen LogP contribution in [0.15, 0.2) is 48.5 Å². The fourth-order valence-electron chi connectivity index (χ4n) is 1.53. The molecule has 2 rings (SSSR count). The standard InChI is InChI=1S/C14H13BO/c1-11-7-8-14(13(15)9-11)16-10-12-5-3-2-4-6-12/h2-9H,10H2,1H3. The molecule has 0 amide bonds. The SMILES string of the molecule is [B]c1cc(C)ccc1OCc1ccccc1. The Bertz CT molecular complexity index is 465. The van der Waals surface area contributed by atoms with Gasteiger partial charge in [0, 0.05) is 0 Å². The van der Waals surface area contributed by atoms with E-state index < -0.39 is 0 Å². The molecule has 0 heterocycles. The Balaban J connectivity index is 2.05. The largest absolute Gasteiger partial charge is 0.490 e. The Labute approximate surface area is 97.5 Å². The molecule has 0 unspecified atom stereocenters. The summed E-state index contributed by atoms with van der Waals surface area (Å²) in [6.45, 7) is 2.56. The number of ether oxygens (including phenoxy) is 1. The first-order valence-electron chi connectivity index (χ1n) is 5.28. The van der Waals surface area contributed by atoms with E-state index in [0.717, 1.165) is 16.9 Å². The van der Waals surface area contributed by atoms with Gasteiger partial charge in [-0.05, 0) is 18.6 Å². The van der Waals surface area contributed by atoms with E-state index in [-0.39, 0.29) is 0 Å². The van der Waals surface area contributed by atoms with Crippen LogP contribution in [0.25, 0.3) is 0 Å². The van der Waals surface area contributed by atoms with E-state index in [4.69, 9.17) is 12.6 Å². The van der Waals surface area contributed by atoms with Crippen molar-refractivity contribution in [2.75, 3.05) is 0 Å². The van der Waals surface area contributed by atoms with Crippen molar-refractivity contribution in [2.45, 2.75) is 13.5 Å². The summed E-state index contributed by atoms with van der Waals surface area (Å²) in [7, 11) is 5.86. The molecular weight excluding hydrogens is 195 g/mol. The van der Waals surface area contributed by atoms with E-state index in [9.17, 15) is 0 Å². The molecule has 0 aromatic heterocycles. The van der Waals surface area contributed by atoms with Crippen molar-refractivity contribution in [2.24, 2.45) is 0 Å². The maximum atomic E-state index is 5.86. The van der Waals surface area contributed by atoms with Gasteiger partial charge in [-0.1, -0.05) is 53.5 Å². The average Bonchev–Trinajstić information content (AvgIpc) is 2.29. The number of hydrogen-bond donors (Lipinski definition) is 0. The lowest BCUT2D eigenvalue weighted by Crippen LogP contribution is -2.09. The summed E-state index contributed by atoms with van der Waals surface area (Å²) in [4.78, 5) is 0. The van der Waals surface area contributed by atoms with Crippen molar-refractivity contribution in [3.05, 3.63) is 59.7 Å². The van der Waals surface area contributed by atoms with Gasteiger partial charge in [-0.3, -0.25) is 0 Å². The van der Waals surface area contributed by atoms with Crippen molar-refractivity contribution in [1.29, 1.82) is 0 Å². The number of aryl methyl sites for hydroxylation is 1. The minimum absolute atomic E-state index is 0.550. The number of benzene rings is 2. The predicted molar refractivity (Wildman–Crippen MR) is 67.3 cm³/mol. The molecule has 0 aliphatic rings. The van der Waals surface area contributed by atoms with Crippen LogP contribution in [0.2, 0.25) is 0 Å². The molecule has 0 aliphatic carbocycles. The van der Waals surface area contributed by atoms with E-state index in [0.29, 0.717) is 12.1 Å². The molecule has 0 spiro atoms. The Kier molecular flexibility index (Phi) is 3.30. The molecule has 2 heteroatoms. The van der Waals surface area contributed by atoms with Gasteiger partial charge in [-0.2, -0.15) is 0 Å². The Morgan fingerprint density at radius 1 is 1.06 bits per heavy atom. The van der Waals surface area contributed by atoms with Crippen LogP contribution in [0.3, 0.4) is 0 Å². The highest BCUT2D eigenvalue weighted by molar-refractivity contribution is 6.34. The highest BCUT2D eigenvalue weighted by Crippen LogP contribution is 2.10. The quantitative estimate of drug-likeness (QED) is 0.703. The first-order chi connectivity index (χ1) is 7.75. The van der Waals surface area contributed by atoms with Crippen molar-refractivity contribution in [1.82, 2.24) is 0 Å². The van der Waals surface area contributed by atoms with Gasteiger partial charge in [0.15, 0.2) is 0 Å². The van der Waals surface area contributed by atoms with Crippen LogP contribution in [0.1, 0.15) is 11.1 Å². The van der Waals surface area contributed by atoms with E-state index >= 15 is 0 Å². The van der Waals surface area contributed by atoms with Crippen molar-refractivity contribution >= 4 is 13.3 Å². The van der Waals surface area contributed by atoms with Gasteiger partial charge in [-0.25, -0.2) is 0 Å². The van der Waals surface area contributed by atoms with Crippen molar-refractivity contribution < 1.29 is 4.74 Å². The Hall–Kier alpha value is -1.70. The molecule has 0 N–H and O–H groups in total. The average molecular weight is 208 g/mol. The predicted octanol–water partition coefficient (Wildman–Crippen LogP) is 2.37. The first-order valence-corrected chi connectivity index (χ1v) is 5.28. The Morgan fingerprint density at radius 3 is 2.50 bits per heavy atom. The van der Waals surface area contributed by atoms with E-state index in [2.05, 4.69) is 0 Å². The first kappa shape index (κ1) is 10.8. The second-order valence-electron chi connectivity index (χ2n) is 3.82. The fraction of sp³-hybridized carbons (Fsp3) is 0.143. The zero-order valence-corrected chi connectivity index (χ0v) is 9.31. The van der Waals surface area contributed by atoms with Gasteiger partial charge < -0.3 is 4.74 Å². The zero-order valence-electron chi connectivity index (χ0n) is 9.31. The lowest BCUT2D eigenvalue weighted by atomic mass is 9.93. The van der Waals surface area contributed by atoms with Crippen LogP contribution in [-0.2, 0) is 6.61 Å². The highest BCUT2D eigenvalue weighted by atomic mass is 16.5. The molecule has 0 fully saturated rings. The van der Waals surface area contributed by atoms with Crippen molar-refractivity contribution in [3.63, 3.8) is 0 Å². The van der Waals surface area contributed by atoms with Crippen LogP contribution < -0.4 is 10.2 Å². The highest BCUT2D eigenvalue weighted by Gasteiger charge is 1.99. The van der Waals surface area contributed by atoms with Crippen LogP contribution in [0.5, 0.6) is 5.75 Å². The second kappa shape index (κ2) is 4.89. The van der Waals surface area contributed by atoms with Gasteiger partial charge in [-0.15, -0.1) is 0 Å². The molecule has 0 aliphatic heterocycles. The summed E-state index contributed by atoms with van der Waals surface area (Å²) in [5.41, 5.74) is 2.97. The lowest BCUT2D eigenvalue weighted by molar-refractivity contribution is 0.309. The normalized spacial score (nSPS) is 10.1. The third-order valence-corrected chi connectivity index (χ3v) is 2.40. The summed E-state index contributed by atoms with van der Waals surface area (Å²) in [5.74, 6) is 0.745. The molecule has 2 aromatic carbocycles. The van der Waals surface area contributed by atoms with Gasteiger partial charge >= 0.3 is 0 Å². The van der Waals surface area contributed by atoms with Crippen LogP contribution in [0, 0.1) is 6.92 Å². The van der Waals surface area contributed by atoms with Gasteiger partial charge in [0.2, 0.25) is 0 Å².